The molecular weight excluding hydrogens is 240 g/mol. The summed E-state index contributed by atoms with van der Waals surface area (Å²) in [4.78, 5) is 15.2. The summed E-state index contributed by atoms with van der Waals surface area (Å²) in [7, 11) is 0. The molecule has 0 radical (unpaired) electrons. The van der Waals surface area contributed by atoms with E-state index in [2.05, 4.69) is 16.5 Å². The summed E-state index contributed by atoms with van der Waals surface area (Å²) in [5.74, 6) is 0.248. The monoisotopic (exact) mass is 258 g/mol. The SMILES string of the molecule is CCCCn1cnc(-c2ccc(OC(C)=O)cc2)c1. The first-order valence-corrected chi connectivity index (χ1v) is 6.49. The summed E-state index contributed by atoms with van der Waals surface area (Å²) in [5.41, 5.74) is 1.96. The largest absolute Gasteiger partial charge is 0.427 e. The van der Waals surface area contributed by atoms with E-state index in [-0.39, 0.29) is 5.97 Å². The van der Waals surface area contributed by atoms with Crippen LogP contribution in [0.15, 0.2) is 36.8 Å². The van der Waals surface area contributed by atoms with Crippen molar-refractivity contribution in [2.45, 2.75) is 33.2 Å². The molecule has 2 rings (SSSR count). The molecule has 1 aromatic carbocycles. The number of hydrogen-bond acceptors (Lipinski definition) is 3. The van der Waals surface area contributed by atoms with E-state index in [0.717, 1.165) is 24.2 Å². The van der Waals surface area contributed by atoms with E-state index >= 15 is 0 Å². The molecule has 0 bridgehead atoms. The molecule has 0 fully saturated rings. The van der Waals surface area contributed by atoms with Crippen molar-refractivity contribution in [1.29, 1.82) is 0 Å². The van der Waals surface area contributed by atoms with Crippen LogP contribution in [-0.4, -0.2) is 15.5 Å². The van der Waals surface area contributed by atoms with Gasteiger partial charge in [-0.2, -0.15) is 0 Å². The number of aromatic nitrogens is 2. The van der Waals surface area contributed by atoms with Crippen molar-refractivity contribution in [2.75, 3.05) is 0 Å². The minimum atomic E-state index is -0.309. The van der Waals surface area contributed by atoms with Gasteiger partial charge in [-0.25, -0.2) is 4.98 Å². The molecule has 4 heteroatoms. The van der Waals surface area contributed by atoms with Gasteiger partial charge in [-0.15, -0.1) is 0 Å². The molecule has 0 aliphatic carbocycles. The Bertz CT molecular complexity index is 544. The number of benzene rings is 1. The molecule has 19 heavy (non-hydrogen) atoms. The fraction of sp³-hybridized carbons (Fsp3) is 0.333. The maximum Gasteiger partial charge on any atom is 0.308 e. The molecule has 0 spiro atoms. The first-order chi connectivity index (χ1) is 9.19. The first-order valence-electron chi connectivity index (χ1n) is 6.49. The van der Waals surface area contributed by atoms with Crippen LogP contribution in [0.2, 0.25) is 0 Å². The van der Waals surface area contributed by atoms with E-state index < -0.39 is 0 Å². The van der Waals surface area contributed by atoms with Crippen LogP contribution in [0, 0.1) is 0 Å². The lowest BCUT2D eigenvalue weighted by molar-refractivity contribution is -0.131. The Morgan fingerprint density at radius 1 is 1.32 bits per heavy atom. The van der Waals surface area contributed by atoms with E-state index in [9.17, 15) is 4.79 Å². The molecule has 1 aromatic heterocycles. The van der Waals surface area contributed by atoms with Crippen LogP contribution in [0.5, 0.6) is 5.75 Å². The number of aryl methyl sites for hydroxylation is 1. The van der Waals surface area contributed by atoms with Gasteiger partial charge in [-0.1, -0.05) is 13.3 Å². The Balaban J connectivity index is 2.09. The summed E-state index contributed by atoms with van der Waals surface area (Å²) >= 11 is 0. The number of esters is 1. The first kappa shape index (κ1) is 13.3. The van der Waals surface area contributed by atoms with Crippen LogP contribution < -0.4 is 4.74 Å². The molecule has 2 aromatic rings. The number of nitrogens with zero attached hydrogens (tertiary/aromatic N) is 2. The van der Waals surface area contributed by atoms with Crippen LogP contribution in [-0.2, 0) is 11.3 Å². The topological polar surface area (TPSA) is 44.1 Å². The van der Waals surface area contributed by atoms with Gasteiger partial charge >= 0.3 is 5.97 Å². The second kappa shape index (κ2) is 6.18. The highest BCUT2D eigenvalue weighted by molar-refractivity contribution is 5.69. The number of carbonyl (C=O) groups excluding carboxylic acids is 1. The molecule has 0 saturated heterocycles. The molecule has 0 unspecified atom stereocenters. The molecule has 0 aliphatic rings. The van der Waals surface area contributed by atoms with Crippen molar-refractivity contribution >= 4 is 5.97 Å². The van der Waals surface area contributed by atoms with Crippen LogP contribution in [0.25, 0.3) is 11.3 Å². The Labute approximate surface area is 113 Å². The molecule has 0 saturated carbocycles. The summed E-state index contributed by atoms with van der Waals surface area (Å²) in [5, 5.41) is 0. The number of rotatable bonds is 5. The van der Waals surface area contributed by atoms with E-state index in [0.29, 0.717) is 5.75 Å². The van der Waals surface area contributed by atoms with Crippen LogP contribution >= 0.6 is 0 Å². The lowest BCUT2D eigenvalue weighted by Crippen LogP contribution is -2.00. The highest BCUT2D eigenvalue weighted by Gasteiger charge is 2.03. The van der Waals surface area contributed by atoms with Crippen molar-refractivity contribution in [1.82, 2.24) is 9.55 Å². The minimum Gasteiger partial charge on any atom is -0.427 e. The van der Waals surface area contributed by atoms with E-state index in [1.54, 1.807) is 12.1 Å². The van der Waals surface area contributed by atoms with Crippen molar-refractivity contribution < 1.29 is 9.53 Å². The summed E-state index contributed by atoms with van der Waals surface area (Å²) < 4.78 is 7.09. The highest BCUT2D eigenvalue weighted by Crippen LogP contribution is 2.21. The lowest BCUT2D eigenvalue weighted by Gasteiger charge is -2.02. The molecule has 100 valence electrons. The van der Waals surface area contributed by atoms with Crippen molar-refractivity contribution in [3.8, 4) is 17.0 Å². The summed E-state index contributed by atoms with van der Waals surface area (Å²) in [6.45, 7) is 4.56. The second-order valence-electron chi connectivity index (χ2n) is 4.47. The average Bonchev–Trinajstić information content (AvgIpc) is 2.85. The van der Waals surface area contributed by atoms with Crippen molar-refractivity contribution in [2.24, 2.45) is 0 Å². The van der Waals surface area contributed by atoms with Crippen LogP contribution in [0.4, 0.5) is 0 Å². The number of carbonyl (C=O) groups is 1. The van der Waals surface area contributed by atoms with E-state index in [1.165, 1.54) is 13.3 Å². The fourth-order valence-electron chi connectivity index (χ4n) is 1.83. The van der Waals surface area contributed by atoms with Crippen molar-refractivity contribution in [3.63, 3.8) is 0 Å². The lowest BCUT2D eigenvalue weighted by atomic mass is 10.1. The van der Waals surface area contributed by atoms with E-state index in [4.69, 9.17) is 4.74 Å². The summed E-state index contributed by atoms with van der Waals surface area (Å²) in [6.07, 6.45) is 6.22. The van der Waals surface area contributed by atoms with Gasteiger partial charge in [0.2, 0.25) is 0 Å². The molecular formula is C15H18N2O2. The molecule has 1 heterocycles. The predicted molar refractivity (Wildman–Crippen MR) is 73.9 cm³/mol. The van der Waals surface area contributed by atoms with Gasteiger partial charge in [0.05, 0.1) is 12.0 Å². The summed E-state index contributed by atoms with van der Waals surface area (Å²) in [6, 6.07) is 7.37. The maximum atomic E-state index is 10.8. The van der Waals surface area contributed by atoms with Gasteiger partial charge in [0.1, 0.15) is 5.75 Å². The average molecular weight is 258 g/mol. The third kappa shape index (κ3) is 3.68. The smallest absolute Gasteiger partial charge is 0.308 e. The van der Waals surface area contributed by atoms with Crippen LogP contribution in [0.3, 0.4) is 0 Å². The van der Waals surface area contributed by atoms with E-state index in [1.807, 2.05) is 24.7 Å². The molecule has 0 amide bonds. The van der Waals surface area contributed by atoms with Gasteiger partial charge in [0.25, 0.3) is 0 Å². The third-order valence-corrected chi connectivity index (χ3v) is 2.81. The van der Waals surface area contributed by atoms with Gasteiger partial charge in [0, 0.05) is 25.2 Å². The third-order valence-electron chi connectivity index (χ3n) is 2.81. The minimum absolute atomic E-state index is 0.309. The van der Waals surface area contributed by atoms with Gasteiger partial charge in [-0.05, 0) is 30.7 Å². The Kier molecular flexibility index (Phi) is 4.34. The van der Waals surface area contributed by atoms with Crippen LogP contribution in [0.1, 0.15) is 26.7 Å². The zero-order chi connectivity index (χ0) is 13.7. The molecule has 0 N–H and O–H groups in total. The standard InChI is InChI=1S/C15H18N2O2/c1-3-4-9-17-10-15(16-11-17)13-5-7-14(8-6-13)19-12(2)18/h5-8,10-11H,3-4,9H2,1-2H3. The van der Waals surface area contributed by atoms with Gasteiger partial charge < -0.3 is 9.30 Å². The number of hydrogen-bond donors (Lipinski definition) is 0. The maximum absolute atomic E-state index is 10.8. The molecule has 4 nitrogen and oxygen atoms in total. The Morgan fingerprint density at radius 2 is 2.05 bits per heavy atom. The second-order valence-corrected chi connectivity index (χ2v) is 4.47. The Morgan fingerprint density at radius 3 is 2.68 bits per heavy atom. The zero-order valence-corrected chi connectivity index (χ0v) is 11.3. The Hall–Kier alpha value is -2.10. The zero-order valence-electron chi connectivity index (χ0n) is 11.3. The quantitative estimate of drug-likeness (QED) is 0.610. The van der Waals surface area contributed by atoms with Crippen molar-refractivity contribution in [3.05, 3.63) is 36.8 Å². The van der Waals surface area contributed by atoms with Gasteiger partial charge in [-0.3, -0.25) is 4.79 Å². The fourth-order valence-corrected chi connectivity index (χ4v) is 1.83. The molecule has 0 aliphatic heterocycles. The highest BCUT2D eigenvalue weighted by atomic mass is 16.5. The van der Waals surface area contributed by atoms with Gasteiger partial charge in [0.15, 0.2) is 0 Å². The predicted octanol–water partition coefficient (Wildman–Crippen LogP) is 3.28. The normalized spacial score (nSPS) is 10.4. The molecule has 0 atom stereocenters. The number of imidazole rings is 1. The number of ether oxygens (including phenoxy) is 1. The number of unbranched alkanes of at least 4 members (excludes halogenated alkanes) is 1.